The first kappa shape index (κ1) is 37.0. The molecule has 270 valence electrons. The predicted molar refractivity (Wildman–Crippen MR) is 200 cm³/mol. The van der Waals surface area contributed by atoms with Crippen LogP contribution in [0.5, 0.6) is 23.0 Å². The molecule has 2 amide bonds. The van der Waals surface area contributed by atoms with E-state index >= 15 is 0 Å². The summed E-state index contributed by atoms with van der Waals surface area (Å²) in [5, 5.41) is 3.02. The second-order valence-electron chi connectivity index (χ2n) is 13.8. The van der Waals surface area contributed by atoms with Gasteiger partial charge in [-0.3, -0.25) is 4.79 Å². The molecule has 0 radical (unpaired) electrons. The molecule has 0 bridgehead atoms. The Bertz CT molecular complexity index is 1790. The lowest BCUT2D eigenvalue weighted by Gasteiger charge is -2.33. The van der Waals surface area contributed by atoms with E-state index in [1.165, 1.54) is 0 Å². The van der Waals surface area contributed by atoms with Crippen molar-refractivity contribution in [3.63, 3.8) is 0 Å². The fourth-order valence-electron chi connectivity index (χ4n) is 5.75. The molecule has 0 spiro atoms. The molecule has 0 unspecified atom stereocenters. The fourth-order valence-corrected chi connectivity index (χ4v) is 5.75. The summed E-state index contributed by atoms with van der Waals surface area (Å²) in [7, 11) is 7.24. The van der Waals surface area contributed by atoms with E-state index in [0.29, 0.717) is 61.0 Å². The maximum Gasteiger partial charge on any atom is 0.410 e. The molecule has 1 aliphatic rings. The van der Waals surface area contributed by atoms with E-state index in [9.17, 15) is 9.59 Å². The lowest BCUT2D eigenvalue weighted by atomic mass is 10.0. The van der Waals surface area contributed by atoms with E-state index in [1.807, 2.05) is 108 Å². The van der Waals surface area contributed by atoms with Gasteiger partial charge in [-0.25, -0.2) is 4.79 Å². The minimum Gasteiger partial charge on any atom is -0.497 e. The summed E-state index contributed by atoms with van der Waals surface area (Å²) < 4.78 is 29.2. The third-order valence-electron chi connectivity index (χ3n) is 8.44. The monoisotopic (exact) mass is 695 g/mol. The Morgan fingerprint density at radius 3 is 2.22 bits per heavy atom. The molecule has 4 aromatic rings. The van der Waals surface area contributed by atoms with Crippen molar-refractivity contribution < 1.29 is 33.3 Å². The number of ether oxygens (including phenoxy) is 5. The molecule has 4 aromatic carbocycles. The van der Waals surface area contributed by atoms with Crippen LogP contribution in [0.1, 0.15) is 44.0 Å². The number of carbonyl (C=O) groups excluding carboxylic acids is 2. The van der Waals surface area contributed by atoms with Crippen molar-refractivity contribution in [1.82, 2.24) is 9.80 Å². The summed E-state index contributed by atoms with van der Waals surface area (Å²) in [6.45, 7) is 8.04. The van der Waals surface area contributed by atoms with Crippen molar-refractivity contribution in [3.8, 4) is 45.3 Å². The Morgan fingerprint density at radius 1 is 0.804 bits per heavy atom. The largest absolute Gasteiger partial charge is 0.497 e. The topological polar surface area (TPSA) is 98.8 Å². The number of hydrogen-bond acceptors (Lipinski definition) is 8. The van der Waals surface area contributed by atoms with Gasteiger partial charge in [0.05, 0.1) is 14.2 Å². The van der Waals surface area contributed by atoms with Gasteiger partial charge in [-0.2, -0.15) is 0 Å². The first-order chi connectivity index (χ1) is 24.4. The molecule has 1 heterocycles. The van der Waals surface area contributed by atoms with Crippen molar-refractivity contribution in [2.45, 2.75) is 45.3 Å². The van der Waals surface area contributed by atoms with Crippen LogP contribution in [-0.2, 0) is 4.74 Å². The Kier molecular flexibility index (Phi) is 12.1. The van der Waals surface area contributed by atoms with E-state index in [0.717, 1.165) is 34.5 Å². The number of likely N-dealkylation sites (N-methyl/N-ethyl adjacent to an activating group) is 1. The first-order valence-electron chi connectivity index (χ1n) is 17.2. The highest BCUT2D eigenvalue weighted by molar-refractivity contribution is 6.05. The summed E-state index contributed by atoms with van der Waals surface area (Å²) in [6.07, 6.45) is 1.12. The molecular formula is C41H49N3O7. The van der Waals surface area contributed by atoms with E-state index in [1.54, 1.807) is 31.3 Å². The van der Waals surface area contributed by atoms with Gasteiger partial charge in [0.2, 0.25) is 0 Å². The summed E-state index contributed by atoms with van der Waals surface area (Å²) >= 11 is 0. The van der Waals surface area contributed by atoms with Crippen molar-refractivity contribution in [2.75, 3.05) is 59.9 Å². The lowest BCUT2D eigenvalue weighted by Crippen LogP contribution is -2.44. The van der Waals surface area contributed by atoms with Crippen LogP contribution in [0.15, 0.2) is 84.9 Å². The Hall–Kier alpha value is -5.22. The molecule has 10 heteroatoms. The quantitative estimate of drug-likeness (QED) is 0.159. The van der Waals surface area contributed by atoms with Gasteiger partial charge in [-0.1, -0.05) is 24.3 Å². The molecule has 0 aliphatic carbocycles. The average Bonchev–Trinajstić information content (AvgIpc) is 3.11. The van der Waals surface area contributed by atoms with Gasteiger partial charge in [0.25, 0.3) is 5.91 Å². The van der Waals surface area contributed by atoms with Crippen LogP contribution in [0, 0.1) is 0 Å². The van der Waals surface area contributed by atoms with Crippen molar-refractivity contribution in [2.24, 2.45) is 0 Å². The molecule has 1 fully saturated rings. The zero-order valence-corrected chi connectivity index (χ0v) is 30.7. The maximum atomic E-state index is 13.4. The van der Waals surface area contributed by atoms with E-state index in [-0.39, 0.29) is 18.1 Å². The van der Waals surface area contributed by atoms with Crippen LogP contribution >= 0.6 is 0 Å². The van der Waals surface area contributed by atoms with Crippen molar-refractivity contribution in [3.05, 3.63) is 90.5 Å². The first-order valence-corrected chi connectivity index (χ1v) is 17.2. The lowest BCUT2D eigenvalue weighted by molar-refractivity contribution is 0.0126. The molecule has 1 N–H and O–H groups in total. The number of hydrogen-bond donors (Lipinski definition) is 1. The highest BCUT2D eigenvalue weighted by Crippen LogP contribution is 2.36. The SMILES string of the molecule is COc1cccc(-c2cc(C(=O)Nc3ccc(-c4ccc(OC5CCN(C(=O)OC(C)(C)C)CC5)cc4OCCN(C)C)cc3)ccc2OC)c1. The number of carbonyl (C=O) groups is 2. The summed E-state index contributed by atoms with van der Waals surface area (Å²) in [5.74, 6) is 2.57. The van der Waals surface area contributed by atoms with Crippen LogP contribution < -0.4 is 24.3 Å². The Morgan fingerprint density at radius 2 is 1.55 bits per heavy atom. The van der Waals surface area contributed by atoms with E-state index in [2.05, 4.69) is 10.2 Å². The maximum absolute atomic E-state index is 13.4. The van der Waals surface area contributed by atoms with Gasteiger partial charge in [0, 0.05) is 60.9 Å². The third kappa shape index (κ3) is 10.2. The molecule has 51 heavy (non-hydrogen) atoms. The van der Waals surface area contributed by atoms with Crippen molar-refractivity contribution >= 4 is 17.7 Å². The number of methoxy groups -OCH3 is 2. The summed E-state index contributed by atoms with van der Waals surface area (Å²) in [4.78, 5) is 29.7. The van der Waals surface area contributed by atoms with Crippen LogP contribution in [0.3, 0.4) is 0 Å². The van der Waals surface area contributed by atoms with Gasteiger partial charge >= 0.3 is 6.09 Å². The predicted octanol–water partition coefficient (Wildman–Crippen LogP) is 8.01. The zero-order chi connectivity index (χ0) is 36.5. The minimum atomic E-state index is -0.524. The van der Waals surface area contributed by atoms with Gasteiger partial charge in [-0.15, -0.1) is 0 Å². The third-order valence-corrected chi connectivity index (χ3v) is 8.44. The molecule has 0 saturated carbocycles. The van der Waals surface area contributed by atoms with E-state index in [4.69, 9.17) is 23.7 Å². The average molecular weight is 696 g/mol. The van der Waals surface area contributed by atoms with Crippen LogP contribution in [0.4, 0.5) is 10.5 Å². The number of piperidine rings is 1. The normalized spacial score (nSPS) is 13.5. The number of rotatable bonds is 12. The van der Waals surface area contributed by atoms with Gasteiger partial charge in [-0.05, 0) is 101 Å². The summed E-state index contributed by atoms with van der Waals surface area (Å²) in [6, 6.07) is 26.6. The molecule has 0 aromatic heterocycles. The van der Waals surface area contributed by atoms with Crippen LogP contribution in [0.25, 0.3) is 22.3 Å². The molecule has 1 aliphatic heterocycles. The second kappa shape index (κ2) is 16.7. The molecule has 10 nitrogen and oxygen atoms in total. The van der Waals surface area contributed by atoms with Gasteiger partial charge < -0.3 is 38.8 Å². The molecule has 5 rings (SSSR count). The van der Waals surface area contributed by atoms with E-state index < -0.39 is 5.60 Å². The fraction of sp³-hybridized carbons (Fsp3) is 0.366. The number of nitrogens with one attached hydrogen (secondary N) is 1. The number of amides is 2. The smallest absolute Gasteiger partial charge is 0.410 e. The Labute approximate surface area is 301 Å². The van der Waals surface area contributed by atoms with Crippen molar-refractivity contribution in [1.29, 1.82) is 0 Å². The Balaban J connectivity index is 1.28. The number of nitrogens with zero attached hydrogens (tertiary/aromatic N) is 2. The number of likely N-dealkylation sites (tertiary alicyclic amines) is 1. The van der Waals surface area contributed by atoms with Crippen LogP contribution in [-0.4, -0.2) is 88.1 Å². The van der Waals surface area contributed by atoms with Gasteiger partial charge in [0.15, 0.2) is 0 Å². The van der Waals surface area contributed by atoms with Gasteiger partial charge in [0.1, 0.15) is 41.3 Å². The standard InChI is InChI=1S/C41H49N3O7/c1-41(2,3)51-40(46)44-21-19-32(20-22-44)50-34-16-17-35(38(27-34)49-24-23-43(4)5)28-11-14-31(15-12-28)42-39(45)30-13-18-37(48-7)36(26-30)29-9-8-10-33(25-29)47-6/h8-18,25-27,32H,19-24H2,1-7H3,(H,42,45). The highest BCUT2D eigenvalue weighted by atomic mass is 16.6. The zero-order valence-electron chi connectivity index (χ0n) is 30.7. The highest BCUT2D eigenvalue weighted by Gasteiger charge is 2.28. The second-order valence-corrected chi connectivity index (χ2v) is 13.8. The van der Waals surface area contributed by atoms with Crippen LogP contribution in [0.2, 0.25) is 0 Å². The molecular weight excluding hydrogens is 646 g/mol. The molecule has 1 saturated heterocycles. The number of benzene rings is 4. The minimum absolute atomic E-state index is 0.0237. The number of anilines is 1. The molecule has 0 atom stereocenters. The summed E-state index contributed by atoms with van der Waals surface area (Å²) in [5.41, 5.74) is 4.17.